The van der Waals surface area contributed by atoms with Crippen molar-refractivity contribution in [2.45, 2.75) is 31.6 Å². The van der Waals surface area contributed by atoms with Crippen LogP contribution in [0.5, 0.6) is 0 Å². The lowest BCUT2D eigenvalue weighted by Gasteiger charge is -2.29. The third-order valence-electron chi connectivity index (χ3n) is 3.90. The molecule has 3 rings (SSSR count). The summed E-state index contributed by atoms with van der Waals surface area (Å²) in [4.78, 5) is 33.5. The molecule has 8 heteroatoms. The third-order valence-corrected chi connectivity index (χ3v) is 3.90. The van der Waals surface area contributed by atoms with Crippen LogP contribution < -0.4 is 16.0 Å². The molecule has 1 saturated heterocycles. The molecule has 0 aliphatic carbocycles. The summed E-state index contributed by atoms with van der Waals surface area (Å²) in [5, 5.41) is 11.8. The Morgan fingerprint density at radius 3 is 2.67 bits per heavy atom. The van der Waals surface area contributed by atoms with E-state index < -0.39 is 11.9 Å². The number of nitrogen functional groups attached to an aromatic ring is 1. The van der Waals surface area contributed by atoms with Crippen molar-refractivity contribution in [3.05, 3.63) is 5.56 Å². The summed E-state index contributed by atoms with van der Waals surface area (Å²) < 4.78 is 0. The Kier molecular flexibility index (Phi) is 3.36. The molecule has 2 aliphatic heterocycles. The number of carboxylic acids is 1. The molecular weight excluding hydrogens is 274 g/mol. The largest absolute Gasteiger partial charge is 0.481 e. The highest BCUT2D eigenvalue weighted by molar-refractivity contribution is 6.00. The van der Waals surface area contributed by atoms with E-state index in [0.717, 1.165) is 25.9 Å². The average Bonchev–Trinajstić information content (AvgIpc) is 2.46. The van der Waals surface area contributed by atoms with Crippen LogP contribution in [0.3, 0.4) is 0 Å². The van der Waals surface area contributed by atoms with Crippen molar-refractivity contribution in [3.8, 4) is 0 Å². The van der Waals surface area contributed by atoms with Crippen LogP contribution >= 0.6 is 0 Å². The van der Waals surface area contributed by atoms with Crippen LogP contribution in [0, 0.1) is 0 Å². The van der Waals surface area contributed by atoms with Gasteiger partial charge < -0.3 is 21.1 Å². The van der Waals surface area contributed by atoms with E-state index in [-0.39, 0.29) is 24.0 Å². The summed E-state index contributed by atoms with van der Waals surface area (Å²) in [6.07, 6.45) is 3.16. The van der Waals surface area contributed by atoms with Gasteiger partial charge in [0.15, 0.2) is 0 Å². The second-order valence-electron chi connectivity index (χ2n) is 5.36. The monoisotopic (exact) mass is 291 g/mol. The van der Waals surface area contributed by atoms with E-state index in [0.29, 0.717) is 11.5 Å². The summed E-state index contributed by atoms with van der Waals surface area (Å²) in [5.41, 5.74) is 6.24. The molecule has 1 fully saturated rings. The van der Waals surface area contributed by atoms with Gasteiger partial charge in [-0.25, -0.2) is 0 Å². The standard InChI is InChI=1S/C13H17N5O3/c14-10-9-7(12(20)21)6-8(19)15-11(9)17-13(16-10)18-4-2-1-3-5-18/h7H,1-6H2,(H,20,21)(H3,14,15,16,17,19). The van der Waals surface area contributed by atoms with Crippen LogP contribution in [0.1, 0.15) is 37.2 Å². The first kappa shape index (κ1) is 13.6. The molecule has 1 aromatic rings. The van der Waals surface area contributed by atoms with Crippen molar-refractivity contribution in [2.75, 3.05) is 29.0 Å². The zero-order valence-corrected chi connectivity index (χ0v) is 11.5. The highest BCUT2D eigenvalue weighted by Crippen LogP contribution is 2.36. The molecular formula is C13H17N5O3. The molecule has 1 unspecified atom stereocenters. The molecule has 112 valence electrons. The number of nitrogens with two attached hydrogens (primary N) is 1. The van der Waals surface area contributed by atoms with Crippen LogP contribution in [-0.2, 0) is 9.59 Å². The quantitative estimate of drug-likeness (QED) is 0.727. The normalized spacial score (nSPS) is 21.6. The van der Waals surface area contributed by atoms with E-state index in [1.807, 2.05) is 4.90 Å². The van der Waals surface area contributed by atoms with E-state index in [1.54, 1.807) is 0 Å². The van der Waals surface area contributed by atoms with E-state index >= 15 is 0 Å². The number of piperidine rings is 1. The van der Waals surface area contributed by atoms with Gasteiger partial charge in [-0.1, -0.05) is 0 Å². The molecule has 8 nitrogen and oxygen atoms in total. The number of aliphatic carboxylic acids is 1. The number of nitrogens with zero attached hydrogens (tertiary/aromatic N) is 3. The number of aromatic nitrogens is 2. The molecule has 0 spiro atoms. The van der Waals surface area contributed by atoms with Crippen molar-refractivity contribution in [3.63, 3.8) is 0 Å². The fraction of sp³-hybridized carbons (Fsp3) is 0.538. The maximum Gasteiger partial charge on any atom is 0.311 e. The Labute approximate surface area is 121 Å². The number of anilines is 3. The van der Waals surface area contributed by atoms with Gasteiger partial charge in [0.1, 0.15) is 11.6 Å². The maximum atomic E-state index is 11.7. The summed E-state index contributed by atoms with van der Waals surface area (Å²) in [5.74, 6) is -1.62. The number of rotatable bonds is 2. The van der Waals surface area contributed by atoms with Crippen LogP contribution in [-0.4, -0.2) is 40.0 Å². The zero-order valence-electron chi connectivity index (χ0n) is 11.5. The van der Waals surface area contributed by atoms with Gasteiger partial charge in [-0.3, -0.25) is 9.59 Å². The Hall–Kier alpha value is -2.38. The fourth-order valence-electron chi connectivity index (χ4n) is 2.83. The molecule has 0 saturated carbocycles. The molecule has 21 heavy (non-hydrogen) atoms. The average molecular weight is 291 g/mol. The molecule has 4 N–H and O–H groups in total. The SMILES string of the molecule is Nc1nc(N2CCCCC2)nc2c1C(C(=O)O)CC(=O)N2. The van der Waals surface area contributed by atoms with E-state index in [1.165, 1.54) is 6.42 Å². The fourth-order valence-corrected chi connectivity index (χ4v) is 2.83. The van der Waals surface area contributed by atoms with Gasteiger partial charge in [-0.05, 0) is 19.3 Å². The van der Waals surface area contributed by atoms with Crippen LogP contribution in [0.4, 0.5) is 17.6 Å². The Morgan fingerprint density at radius 2 is 2.00 bits per heavy atom. The van der Waals surface area contributed by atoms with Crippen LogP contribution in [0.25, 0.3) is 0 Å². The minimum atomic E-state index is -1.09. The van der Waals surface area contributed by atoms with Gasteiger partial charge in [0.2, 0.25) is 11.9 Å². The minimum Gasteiger partial charge on any atom is -0.481 e. The maximum absolute atomic E-state index is 11.7. The van der Waals surface area contributed by atoms with Gasteiger partial charge in [-0.2, -0.15) is 9.97 Å². The lowest BCUT2D eigenvalue weighted by Crippen LogP contribution is -2.34. The predicted octanol–water partition coefficient (Wildman–Crippen LogP) is 0.559. The molecule has 1 aromatic heterocycles. The van der Waals surface area contributed by atoms with Crippen LogP contribution in [0.15, 0.2) is 0 Å². The van der Waals surface area contributed by atoms with Gasteiger partial charge in [0.25, 0.3) is 0 Å². The minimum absolute atomic E-state index is 0.132. The number of amides is 1. The lowest BCUT2D eigenvalue weighted by atomic mass is 9.93. The Morgan fingerprint density at radius 1 is 1.29 bits per heavy atom. The summed E-state index contributed by atoms with van der Waals surface area (Å²) in [7, 11) is 0. The number of carboxylic acid groups (broad SMARTS) is 1. The molecule has 3 heterocycles. The molecule has 0 radical (unpaired) electrons. The summed E-state index contributed by atoms with van der Waals surface area (Å²) in [6.45, 7) is 1.68. The number of nitrogens with one attached hydrogen (secondary N) is 1. The second kappa shape index (κ2) is 5.19. The number of carbonyl (C=O) groups is 2. The first-order valence-electron chi connectivity index (χ1n) is 7.01. The molecule has 1 atom stereocenters. The number of carbonyl (C=O) groups excluding carboxylic acids is 1. The van der Waals surface area contributed by atoms with Crippen molar-refractivity contribution in [2.24, 2.45) is 0 Å². The highest BCUT2D eigenvalue weighted by atomic mass is 16.4. The number of hydrogen-bond donors (Lipinski definition) is 3. The van der Waals surface area contributed by atoms with Gasteiger partial charge in [0, 0.05) is 19.5 Å². The first-order chi connectivity index (χ1) is 10.1. The van der Waals surface area contributed by atoms with E-state index in [2.05, 4.69) is 15.3 Å². The Balaban J connectivity index is 2.01. The molecule has 2 aliphatic rings. The first-order valence-corrected chi connectivity index (χ1v) is 7.01. The van der Waals surface area contributed by atoms with Crippen LogP contribution in [0.2, 0.25) is 0 Å². The Bertz CT molecular complexity index is 598. The predicted molar refractivity (Wildman–Crippen MR) is 76.1 cm³/mol. The smallest absolute Gasteiger partial charge is 0.311 e. The molecule has 0 aromatic carbocycles. The second-order valence-corrected chi connectivity index (χ2v) is 5.36. The van der Waals surface area contributed by atoms with E-state index in [9.17, 15) is 14.7 Å². The van der Waals surface area contributed by atoms with Crippen molar-refractivity contribution in [1.82, 2.24) is 9.97 Å². The number of hydrogen-bond acceptors (Lipinski definition) is 6. The van der Waals surface area contributed by atoms with Gasteiger partial charge >= 0.3 is 5.97 Å². The zero-order chi connectivity index (χ0) is 15.0. The topological polar surface area (TPSA) is 121 Å². The van der Waals surface area contributed by atoms with Crippen molar-refractivity contribution in [1.29, 1.82) is 0 Å². The summed E-state index contributed by atoms with van der Waals surface area (Å²) in [6, 6.07) is 0. The van der Waals surface area contributed by atoms with Crippen molar-refractivity contribution >= 4 is 29.5 Å². The molecule has 0 bridgehead atoms. The van der Waals surface area contributed by atoms with Crippen molar-refractivity contribution < 1.29 is 14.7 Å². The lowest BCUT2D eigenvalue weighted by molar-refractivity contribution is -0.140. The number of fused-ring (bicyclic) bond motifs is 1. The van der Waals surface area contributed by atoms with Gasteiger partial charge in [-0.15, -0.1) is 0 Å². The summed E-state index contributed by atoms with van der Waals surface area (Å²) >= 11 is 0. The third kappa shape index (κ3) is 2.48. The van der Waals surface area contributed by atoms with E-state index in [4.69, 9.17) is 5.73 Å². The molecule has 1 amide bonds. The highest BCUT2D eigenvalue weighted by Gasteiger charge is 2.35. The van der Waals surface area contributed by atoms with Gasteiger partial charge in [0.05, 0.1) is 11.5 Å².